The minimum Gasteiger partial charge on any atom is -0.494 e. The van der Waals surface area contributed by atoms with Crippen LogP contribution in [0.5, 0.6) is 5.75 Å². The van der Waals surface area contributed by atoms with Crippen LogP contribution < -0.4 is 15.4 Å². The third-order valence-corrected chi connectivity index (χ3v) is 4.76. The van der Waals surface area contributed by atoms with Gasteiger partial charge in [0, 0.05) is 12.2 Å². The number of aryl methyl sites for hydroxylation is 1. The maximum absolute atomic E-state index is 12.2. The molecule has 2 aromatic rings. The Morgan fingerprint density at radius 1 is 1.07 bits per heavy atom. The number of hydrogen-bond donors (Lipinski definition) is 2. The lowest BCUT2D eigenvalue weighted by molar-refractivity contribution is 0.250. The first-order chi connectivity index (χ1) is 13.2. The molecule has 0 bridgehead atoms. The summed E-state index contributed by atoms with van der Waals surface area (Å²) in [6.07, 6.45) is 0.749. The summed E-state index contributed by atoms with van der Waals surface area (Å²) < 4.78 is 5.77. The lowest BCUT2D eigenvalue weighted by atomic mass is 9.87. The van der Waals surface area contributed by atoms with E-state index in [4.69, 9.17) is 4.74 Å². The molecule has 0 aliphatic rings. The van der Waals surface area contributed by atoms with Gasteiger partial charge in [0.2, 0.25) is 0 Å². The molecule has 0 unspecified atom stereocenters. The molecule has 28 heavy (non-hydrogen) atoms. The summed E-state index contributed by atoms with van der Waals surface area (Å²) in [5.74, 6) is 1.22. The Morgan fingerprint density at radius 2 is 1.75 bits per heavy atom. The number of nitrogens with one attached hydrogen (secondary N) is 2. The van der Waals surface area contributed by atoms with Crippen LogP contribution in [0.3, 0.4) is 0 Å². The molecule has 0 radical (unpaired) electrons. The molecule has 2 rings (SSSR count). The minimum atomic E-state index is -0.175. The Bertz CT molecular complexity index is 774. The Labute approximate surface area is 169 Å². The smallest absolute Gasteiger partial charge is 0.319 e. The van der Waals surface area contributed by atoms with Gasteiger partial charge in [0.15, 0.2) is 0 Å². The minimum absolute atomic E-state index is 0.141. The van der Waals surface area contributed by atoms with E-state index >= 15 is 0 Å². The van der Waals surface area contributed by atoms with Crippen LogP contribution in [-0.2, 0) is 5.41 Å². The van der Waals surface area contributed by atoms with Gasteiger partial charge in [0.25, 0.3) is 0 Å². The molecule has 0 aliphatic heterocycles. The second-order valence-corrected chi connectivity index (χ2v) is 8.55. The van der Waals surface area contributed by atoms with Gasteiger partial charge in [-0.15, -0.1) is 0 Å². The van der Waals surface area contributed by atoms with Crippen molar-refractivity contribution in [1.82, 2.24) is 5.32 Å². The van der Waals surface area contributed by atoms with E-state index in [-0.39, 0.29) is 11.4 Å². The molecule has 4 nitrogen and oxygen atoms in total. The maximum Gasteiger partial charge on any atom is 0.319 e. The van der Waals surface area contributed by atoms with E-state index in [1.165, 1.54) is 5.56 Å². The molecule has 0 fully saturated rings. The fraction of sp³-hybridized carbons (Fsp3) is 0.458. The second-order valence-electron chi connectivity index (χ2n) is 8.55. The van der Waals surface area contributed by atoms with Crippen LogP contribution in [-0.4, -0.2) is 19.2 Å². The molecule has 2 aromatic carbocycles. The highest BCUT2D eigenvalue weighted by molar-refractivity contribution is 5.91. The summed E-state index contributed by atoms with van der Waals surface area (Å²) in [6.45, 7) is 14.0. The van der Waals surface area contributed by atoms with Gasteiger partial charge in [0.1, 0.15) is 5.75 Å². The van der Waals surface area contributed by atoms with Gasteiger partial charge < -0.3 is 15.4 Å². The highest BCUT2D eigenvalue weighted by Crippen LogP contribution is 2.27. The molecule has 0 aliphatic carbocycles. The van der Waals surface area contributed by atoms with Crippen LogP contribution in [0.15, 0.2) is 42.5 Å². The first-order valence-corrected chi connectivity index (χ1v) is 10.1. The number of carbonyl (C=O) groups excluding carboxylic acids is 1. The predicted molar refractivity (Wildman–Crippen MR) is 118 cm³/mol. The third kappa shape index (κ3) is 6.29. The highest BCUT2D eigenvalue weighted by Gasteiger charge is 2.13. The molecule has 0 saturated heterocycles. The fourth-order valence-corrected chi connectivity index (χ4v) is 3.02. The Balaban J connectivity index is 1.75. The zero-order valence-corrected chi connectivity index (χ0v) is 18.1. The van der Waals surface area contributed by atoms with Gasteiger partial charge in [-0.1, -0.05) is 65.0 Å². The monoisotopic (exact) mass is 382 g/mol. The van der Waals surface area contributed by atoms with Crippen molar-refractivity contribution in [3.8, 4) is 5.75 Å². The van der Waals surface area contributed by atoms with Crippen molar-refractivity contribution >= 4 is 11.7 Å². The van der Waals surface area contributed by atoms with Gasteiger partial charge in [-0.25, -0.2) is 4.79 Å². The number of anilines is 1. The molecule has 0 spiro atoms. The zero-order valence-electron chi connectivity index (χ0n) is 18.1. The van der Waals surface area contributed by atoms with Gasteiger partial charge in [-0.2, -0.15) is 0 Å². The number of para-hydroxylation sites is 1. The summed E-state index contributed by atoms with van der Waals surface area (Å²) in [6, 6.07) is 14.2. The molecule has 0 saturated carbocycles. The highest BCUT2D eigenvalue weighted by atomic mass is 16.5. The molecule has 0 aromatic heterocycles. The van der Waals surface area contributed by atoms with E-state index < -0.39 is 0 Å². The van der Waals surface area contributed by atoms with E-state index in [0.29, 0.717) is 19.1 Å². The molecular weight excluding hydrogens is 348 g/mol. The number of benzene rings is 2. The van der Waals surface area contributed by atoms with Crippen molar-refractivity contribution < 1.29 is 9.53 Å². The van der Waals surface area contributed by atoms with Gasteiger partial charge in [-0.3, -0.25) is 0 Å². The van der Waals surface area contributed by atoms with E-state index in [1.807, 2.05) is 31.2 Å². The number of carbonyl (C=O) groups is 1. The van der Waals surface area contributed by atoms with Crippen molar-refractivity contribution in [2.75, 3.05) is 18.5 Å². The summed E-state index contributed by atoms with van der Waals surface area (Å²) in [4.78, 5) is 12.2. The largest absolute Gasteiger partial charge is 0.494 e. The van der Waals surface area contributed by atoms with Crippen LogP contribution in [0.1, 0.15) is 63.6 Å². The number of hydrogen-bond acceptors (Lipinski definition) is 2. The molecule has 2 N–H and O–H groups in total. The normalized spacial score (nSPS) is 11.4. The molecular formula is C24H34N2O2. The Morgan fingerprint density at radius 3 is 2.36 bits per heavy atom. The standard InChI is InChI=1S/C24H34N2O2/c1-17(2)21-10-7-9-18(3)22(21)26-23(27)25-15-8-16-28-20-13-11-19(12-14-20)24(4,5)6/h7,9-14,17H,8,15-16H2,1-6H3,(H2,25,26,27). The van der Waals surface area contributed by atoms with E-state index in [2.05, 4.69) is 63.5 Å². The van der Waals surface area contributed by atoms with Gasteiger partial charge in [0.05, 0.1) is 6.61 Å². The molecule has 4 heteroatoms. The lowest BCUT2D eigenvalue weighted by Crippen LogP contribution is -2.31. The van der Waals surface area contributed by atoms with Crippen LogP contribution in [0.25, 0.3) is 0 Å². The number of amides is 2. The van der Waals surface area contributed by atoms with Crippen LogP contribution in [0.2, 0.25) is 0 Å². The third-order valence-electron chi connectivity index (χ3n) is 4.76. The van der Waals surface area contributed by atoms with E-state index in [0.717, 1.165) is 29.0 Å². The van der Waals surface area contributed by atoms with Crippen LogP contribution >= 0.6 is 0 Å². The van der Waals surface area contributed by atoms with Gasteiger partial charge in [-0.05, 0) is 53.5 Å². The SMILES string of the molecule is Cc1cccc(C(C)C)c1NC(=O)NCCCOc1ccc(C(C)(C)C)cc1. The van der Waals surface area contributed by atoms with Crippen molar-refractivity contribution in [3.63, 3.8) is 0 Å². The molecule has 2 amide bonds. The number of ether oxygens (including phenoxy) is 1. The van der Waals surface area contributed by atoms with Crippen LogP contribution in [0.4, 0.5) is 10.5 Å². The molecule has 0 heterocycles. The van der Waals surface area contributed by atoms with E-state index in [1.54, 1.807) is 0 Å². The summed E-state index contributed by atoms with van der Waals surface area (Å²) in [7, 11) is 0. The van der Waals surface area contributed by atoms with Crippen LogP contribution in [0, 0.1) is 6.92 Å². The number of urea groups is 1. The number of rotatable bonds is 7. The molecule has 0 atom stereocenters. The van der Waals surface area contributed by atoms with Gasteiger partial charge >= 0.3 is 6.03 Å². The summed E-state index contributed by atoms with van der Waals surface area (Å²) >= 11 is 0. The van der Waals surface area contributed by atoms with Crippen molar-refractivity contribution in [3.05, 3.63) is 59.2 Å². The fourth-order valence-electron chi connectivity index (χ4n) is 3.02. The molecule has 152 valence electrons. The Kier molecular flexibility index (Phi) is 7.50. The average molecular weight is 383 g/mol. The predicted octanol–water partition coefficient (Wildman–Crippen LogP) is 6.01. The maximum atomic E-state index is 12.2. The summed E-state index contributed by atoms with van der Waals surface area (Å²) in [5.41, 5.74) is 4.56. The lowest BCUT2D eigenvalue weighted by Gasteiger charge is -2.19. The topological polar surface area (TPSA) is 50.4 Å². The second kappa shape index (κ2) is 9.63. The van der Waals surface area contributed by atoms with Crippen molar-refractivity contribution in [1.29, 1.82) is 0 Å². The summed E-state index contributed by atoms with van der Waals surface area (Å²) in [5, 5.41) is 5.91. The zero-order chi connectivity index (χ0) is 20.7. The van der Waals surface area contributed by atoms with E-state index in [9.17, 15) is 4.79 Å². The first kappa shape index (κ1) is 21.8. The quantitative estimate of drug-likeness (QED) is 0.576. The van der Waals surface area contributed by atoms with Crippen molar-refractivity contribution in [2.45, 2.75) is 59.3 Å². The Hall–Kier alpha value is -2.49. The first-order valence-electron chi connectivity index (χ1n) is 10.1. The van der Waals surface area contributed by atoms with Crippen molar-refractivity contribution in [2.24, 2.45) is 0 Å². The average Bonchev–Trinajstić information content (AvgIpc) is 2.62.